The molecule has 1 atom stereocenters. The maximum Gasteiger partial charge on any atom is 0.324 e. The van der Waals surface area contributed by atoms with E-state index in [0.29, 0.717) is 13.0 Å². The number of hydrogen-bond donors (Lipinski definition) is 2. The fourth-order valence-electron chi connectivity index (χ4n) is 4.36. The molecule has 2 aromatic rings. The first-order chi connectivity index (χ1) is 15.6. The van der Waals surface area contributed by atoms with Gasteiger partial charge in [0.2, 0.25) is 5.91 Å². The van der Waals surface area contributed by atoms with Crippen molar-refractivity contribution in [2.75, 3.05) is 19.6 Å². The van der Waals surface area contributed by atoms with Crippen molar-refractivity contribution in [1.82, 2.24) is 20.4 Å². The zero-order valence-corrected chi connectivity index (χ0v) is 18.2. The van der Waals surface area contributed by atoms with Crippen LogP contribution < -0.4 is 10.6 Å². The Labute approximate surface area is 188 Å². The first kappa shape index (κ1) is 22.0. The largest absolute Gasteiger partial charge is 0.353 e. The minimum Gasteiger partial charge on any atom is -0.353 e. The summed E-state index contributed by atoms with van der Waals surface area (Å²) in [6.45, 7) is 3.08. The number of carbonyl (C=O) groups excluding carboxylic acids is 3. The van der Waals surface area contributed by atoms with Crippen molar-refractivity contribution in [3.8, 4) is 0 Å². The zero-order chi connectivity index (χ0) is 22.3. The Kier molecular flexibility index (Phi) is 7.17. The summed E-state index contributed by atoms with van der Waals surface area (Å²) in [5.41, 5.74) is 2.36. The average molecular weight is 435 g/mol. The second-order valence-corrected chi connectivity index (χ2v) is 8.54. The molecule has 168 valence electrons. The van der Waals surface area contributed by atoms with E-state index in [2.05, 4.69) is 27.7 Å². The van der Waals surface area contributed by atoms with Gasteiger partial charge in [0.05, 0.1) is 6.42 Å². The Bertz CT molecular complexity index is 927. The highest BCUT2D eigenvalue weighted by molar-refractivity contribution is 6.05. The predicted molar refractivity (Wildman–Crippen MR) is 122 cm³/mol. The molecule has 4 rings (SSSR count). The molecule has 0 spiro atoms. The smallest absolute Gasteiger partial charge is 0.324 e. The quantitative estimate of drug-likeness (QED) is 0.625. The highest BCUT2D eigenvalue weighted by Gasteiger charge is 2.39. The molecule has 0 aliphatic carbocycles. The van der Waals surface area contributed by atoms with Crippen molar-refractivity contribution in [1.29, 1.82) is 0 Å². The van der Waals surface area contributed by atoms with Crippen LogP contribution in [0.5, 0.6) is 0 Å². The number of piperidine rings is 1. The monoisotopic (exact) mass is 434 g/mol. The van der Waals surface area contributed by atoms with Crippen LogP contribution in [-0.4, -0.2) is 59.4 Å². The van der Waals surface area contributed by atoms with E-state index < -0.39 is 12.1 Å². The van der Waals surface area contributed by atoms with Crippen LogP contribution in [0.3, 0.4) is 0 Å². The number of likely N-dealkylation sites (tertiary alicyclic amines) is 1. The molecule has 0 aromatic heterocycles. The second-order valence-electron chi connectivity index (χ2n) is 8.54. The maximum absolute atomic E-state index is 12.6. The standard InChI is InChI=1S/C25H30N4O3/c30-23(26-21-12-14-28(15-13-21)18-20-9-5-2-6-10-20)17-22-24(31)29(25(32)27-22)16-11-19-7-3-1-4-8-19/h1-10,21-22H,11-18H2,(H,26,30)(H,27,32). The Morgan fingerprint density at radius 2 is 1.56 bits per heavy atom. The van der Waals surface area contributed by atoms with E-state index in [9.17, 15) is 14.4 Å². The van der Waals surface area contributed by atoms with Crippen molar-refractivity contribution >= 4 is 17.8 Å². The molecule has 0 saturated carbocycles. The summed E-state index contributed by atoms with van der Waals surface area (Å²) in [4.78, 5) is 41.0. The molecule has 2 saturated heterocycles. The van der Waals surface area contributed by atoms with E-state index in [-0.39, 0.29) is 24.3 Å². The van der Waals surface area contributed by atoms with Gasteiger partial charge in [-0.25, -0.2) is 4.79 Å². The van der Waals surface area contributed by atoms with Gasteiger partial charge in [-0.3, -0.25) is 19.4 Å². The summed E-state index contributed by atoms with van der Waals surface area (Å²) in [5, 5.41) is 5.71. The van der Waals surface area contributed by atoms with Crippen LogP contribution in [0.2, 0.25) is 0 Å². The second kappa shape index (κ2) is 10.4. The molecule has 4 amide bonds. The Morgan fingerprint density at radius 3 is 2.22 bits per heavy atom. The number of hydrogen-bond acceptors (Lipinski definition) is 4. The lowest BCUT2D eigenvalue weighted by Gasteiger charge is -2.32. The first-order valence-electron chi connectivity index (χ1n) is 11.3. The number of carbonyl (C=O) groups is 3. The molecule has 2 N–H and O–H groups in total. The van der Waals surface area contributed by atoms with Crippen molar-refractivity contribution < 1.29 is 14.4 Å². The van der Waals surface area contributed by atoms with Crippen molar-refractivity contribution in [2.45, 2.75) is 44.3 Å². The zero-order valence-electron chi connectivity index (χ0n) is 18.2. The fraction of sp³-hybridized carbons (Fsp3) is 0.400. The van der Waals surface area contributed by atoms with Crippen LogP contribution in [0.15, 0.2) is 60.7 Å². The number of imide groups is 1. The van der Waals surface area contributed by atoms with Gasteiger partial charge in [0.25, 0.3) is 5.91 Å². The highest BCUT2D eigenvalue weighted by Crippen LogP contribution is 2.15. The van der Waals surface area contributed by atoms with Gasteiger partial charge >= 0.3 is 6.03 Å². The topological polar surface area (TPSA) is 81.8 Å². The lowest BCUT2D eigenvalue weighted by molar-refractivity contribution is -0.131. The average Bonchev–Trinajstić information content (AvgIpc) is 3.07. The number of nitrogens with zero attached hydrogens (tertiary/aromatic N) is 2. The van der Waals surface area contributed by atoms with Crippen LogP contribution in [0, 0.1) is 0 Å². The fourth-order valence-corrected chi connectivity index (χ4v) is 4.36. The molecular formula is C25H30N4O3. The Hall–Kier alpha value is -3.19. The van der Waals surface area contributed by atoms with Gasteiger partial charge < -0.3 is 10.6 Å². The summed E-state index contributed by atoms with van der Waals surface area (Å²) in [7, 11) is 0. The number of amides is 4. The van der Waals surface area contributed by atoms with E-state index >= 15 is 0 Å². The molecule has 2 fully saturated rings. The number of rotatable bonds is 8. The van der Waals surface area contributed by atoms with Crippen LogP contribution in [0.1, 0.15) is 30.4 Å². The van der Waals surface area contributed by atoms with Crippen molar-refractivity contribution in [2.24, 2.45) is 0 Å². The first-order valence-corrected chi connectivity index (χ1v) is 11.3. The number of urea groups is 1. The van der Waals surface area contributed by atoms with Gasteiger partial charge in [0, 0.05) is 32.2 Å². The Balaban J connectivity index is 1.20. The summed E-state index contributed by atoms with van der Waals surface area (Å²) in [5.74, 6) is -0.506. The summed E-state index contributed by atoms with van der Waals surface area (Å²) in [6.07, 6.45) is 2.34. The van der Waals surface area contributed by atoms with Gasteiger partial charge in [-0.05, 0) is 30.4 Å². The minimum atomic E-state index is -0.781. The van der Waals surface area contributed by atoms with Crippen molar-refractivity contribution in [3.63, 3.8) is 0 Å². The van der Waals surface area contributed by atoms with Gasteiger partial charge in [0.1, 0.15) is 6.04 Å². The van der Waals surface area contributed by atoms with E-state index in [1.807, 2.05) is 48.5 Å². The highest BCUT2D eigenvalue weighted by atomic mass is 16.2. The third-order valence-electron chi connectivity index (χ3n) is 6.17. The van der Waals surface area contributed by atoms with Crippen LogP contribution >= 0.6 is 0 Å². The predicted octanol–water partition coefficient (Wildman–Crippen LogP) is 2.32. The van der Waals surface area contributed by atoms with Gasteiger partial charge in [-0.1, -0.05) is 60.7 Å². The minimum absolute atomic E-state index is 0.0172. The van der Waals surface area contributed by atoms with Crippen LogP contribution in [0.4, 0.5) is 4.79 Å². The van der Waals surface area contributed by atoms with Crippen LogP contribution in [-0.2, 0) is 22.6 Å². The Morgan fingerprint density at radius 1 is 0.938 bits per heavy atom. The van der Waals surface area contributed by atoms with Gasteiger partial charge in [-0.2, -0.15) is 0 Å². The summed E-state index contributed by atoms with van der Waals surface area (Å²) in [6, 6.07) is 19.0. The normalized spacial score (nSPS) is 19.8. The van der Waals surface area contributed by atoms with Crippen LogP contribution in [0.25, 0.3) is 0 Å². The molecular weight excluding hydrogens is 404 g/mol. The number of nitrogens with one attached hydrogen (secondary N) is 2. The third kappa shape index (κ3) is 5.73. The summed E-state index contributed by atoms with van der Waals surface area (Å²) >= 11 is 0. The summed E-state index contributed by atoms with van der Waals surface area (Å²) < 4.78 is 0. The molecule has 0 bridgehead atoms. The molecule has 2 aliphatic heterocycles. The van der Waals surface area contributed by atoms with E-state index in [4.69, 9.17) is 0 Å². The van der Waals surface area contributed by atoms with E-state index in [1.54, 1.807) is 0 Å². The van der Waals surface area contributed by atoms with Crippen molar-refractivity contribution in [3.05, 3.63) is 71.8 Å². The van der Waals surface area contributed by atoms with Gasteiger partial charge in [0.15, 0.2) is 0 Å². The number of benzene rings is 2. The SMILES string of the molecule is O=C(CC1NC(=O)N(CCc2ccccc2)C1=O)NC1CCN(Cc2ccccc2)CC1. The van der Waals surface area contributed by atoms with Gasteiger partial charge in [-0.15, -0.1) is 0 Å². The molecule has 0 radical (unpaired) electrons. The van der Waals surface area contributed by atoms with E-state index in [1.165, 1.54) is 10.5 Å². The van der Waals surface area contributed by atoms with E-state index in [0.717, 1.165) is 38.0 Å². The molecule has 2 aromatic carbocycles. The molecule has 2 heterocycles. The molecule has 7 nitrogen and oxygen atoms in total. The lowest BCUT2D eigenvalue weighted by atomic mass is 10.0. The molecule has 2 aliphatic rings. The maximum atomic E-state index is 12.6. The molecule has 7 heteroatoms. The molecule has 1 unspecified atom stereocenters. The third-order valence-corrected chi connectivity index (χ3v) is 6.17. The molecule has 32 heavy (non-hydrogen) atoms. The lowest BCUT2D eigenvalue weighted by Crippen LogP contribution is -2.46.